The number of hydrogen-bond acceptors (Lipinski definition) is 5. The molecule has 7 heteroatoms. The van der Waals surface area contributed by atoms with Gasteiger partial charge in [0.2, 0.25) is 0 Å². The molecule has 3 aromatic heterocycles. The van der Waals surface area contributed by atoms with Gasteiger partial charge in [-0.2, -0.15) is 35.7 Å². The monoisotopic (exact) mass is 635 g/mol. The van der Waals surface area contributed by atoms with Crippen LogP contribution >= 0.6 is 0 Å². The van der Waals surface area contributed by atoms with Crippen molar-refractivity contribution in [1.29, 1.82) is 0 Å². The van der Waals surface area contributed by atoms with Gasteiger partial charge in [-0.1, -0.05) is 41.8 Å². The normalized spacial score (nSPS) is 12.8. The summed E-state index contributed by atoms with van der Waals surface area (Å²) in [5.74, 6) is 0.939. The summed E-state index contributed by atoms with van der Waals surface area (Å²) in [5.41, 5.74) is 4.96. The van der Waals surface area contributed by atoms with E-state index in [1.165, 1.54) is 0 Å². The Balaban J connectivity index is 0.00000229. The molecule has 0 saturated carbocycles. The molecule has 3 aromatic carbocycles. The van der Waals surface area contributed by atoms with Gasteiger partial charge in [0.1, 0.15) is 5.88 Å². The van der Waals surface area contributed by atoms with Crippen LogP contribution in [0.5, 0.6) is 11.6 Å². The van der Waals surface area contributed by atoms with E-state index in [0.717, 1.165) is 44.3 Å². The fraction of sp³-hybridized carbons (Fsp3) is 0.0357. The summed E-state index contributed by atoms with van der Waals surface area (Å²) < 4.78 is 8.03. The predicted octanol–water partition coefficient (Wildman–Crippen LogP) is 6.13. The summed E-state index contributed by atoms with van der Waals surface area (Å²) in [4.78, 5) is 8.55. The minimum absolute atomic E-state index is 0. The second kappa shape index (κ2) is 8.40. The Bertz CT molecular complexity index is 1710. The first-order valence-corrected chi connectivity index (χ1v) is 11.0. The van der Waals surface area contributed by atoms with Gasteiger partial charge in [-0.05, 0) is 42.3 Å². The Morgan fingerprint density at radius 1 is 0.800 bits per heavy atom. The molecule has 0 N–H and O–H groups in total. The van der Waals surface area contributed by atoms with Crippen molar-refractivity contribution in [3.05, 3.63) is 104 Å². The van der Waals surface area contributed by atoms with Crippen LogP contribution in [0.3, 0.4) is 0 Å². The maximum absolute atomic E-state index is 6.12. The summed E-state index contributed by atoms with van der Waals surface area (Å²) in [6.07, 6.45) is 3.54. The third kappa shape index (κ3) is 3.44. The number of fused-ring (bicyclic) bond motifs is 7. The van der Waals surface area contributed by atoms with Gasteiger partial charge in [0, 0.05) is 44.4 Å². The first kappa shape index (κ1) is 21.6. The van der Waals surface area contributed by atoms with Gasteiger partial charge in [-0.15, -0.1) is 17.5 Å². The zero-order valence-electron chi connectivity index (χ0n) is 18.6. The van der Waals surface area contributed by atoms with Gasteiger partial charge < -0.3 is 14.5 Å². The quantitative estimate of drug-likeness (QED) is 0.173. The molecule has 0 radical (unpaired) electrons. The van der Waals surface area contributed by atoms with Gasteiger partial charge in [-0.25, -0.2) is 0 Å². The van der Waals surface area contributed by atoms with Crippen LogP contribution in [0.4, 0.5) is 17.1 Å². The first-order chi connectivity index (χ1) is 16.8. The summed E-state index contributed by atoms with van der Waals surface area (Å²) in [5, 5.41) is 7.91. The van der Waals surface area contributed by atoms with E-state index in [9.17, 15) is 0 Å². The molecule has 0 spiro atoms. The van der Waals surface area contributed by atoms with E-state index in [2.05, 4.69) is 56.3 Å². The molecule has 6 aromatic rings. The molecule has 35 heavy (non-hydrogen) atoms. The van der Waals surface area contributed by atoms with Crippen LogP contribution in [0.2, 0.25) is 0 Å². The van der Waals surface area contributed by atoms with Crippen LogP contribution in [0.15, 0.2) is 85.2 Å². The van der Waals surface area contributed by atoms with Crippen molar-refractivity contribution in [2.24, 2.45) is 0 Å². The smallest absolute Gasteiger partial charge is 0.123 e. The number of pyridine rings is 2. The van der Waals surface area contributed by atoms with E-state index in [1.807, 2.05) is 73.0 Å². The van der Waals surface area contributed by atoms with E-state index in [4.69, 9.17) is 4.74 Å². The number of aromatic nitrogens is 3. The molecule has 0 fully saturated rings. The van der Waals surface area contributed by atoms with E-state index in [1.54, 1.807) is 6.20 Å². The maximum Gasteiger partial charge on any atom is 0.123 e. The minimum Gasteiger partial charge on any atom is -0.504 e. The van der Waals surface area contributed by atoms with Crippen molar-refractivity contribution >= 4 is 44.3 Å². The standard InChI is InChI=1S/C28H18N5O.Pt/c1-31-18-32(26-9-5-4-8-25(26)31)19-12-14-29-28(16-19)34-20-10-11-23-21-6-2-3-7-22(21)24-13-15-30-33(24)27(23)17-20;/h2-15,18H,1H3;/q-3;. The fourth-order valence-electron chi connectivity index (χ4n) is 4.65. The SMILES string of the molecule is CN1[CH-]N(c2[c-]c(Oc3[c-]c4c(cc3)c3ccccc3c3ccnn43)ncc2)c2ccccc21.[Pt]. The molecular weight excluding hydrogens is 617 g/mol. The number of hydrogen-bond donors (Lipinski definition) is 0. The Kier molecular flexibility index (Phi) is 5.19. The van der Waals surface area contributed by atoms with Crippen molar-refractivity contribution < 1.29 is 25.8 Å². The zero-order chi connectivity index (χ0) is 22.6. The van der Waals surface area contributed by atoms with Crippen LogP contribution in [0.1, 0.15) is 0 Å². The Morgan fingerprint density at radius 2 is 1.60 bits per heavy atom. The van der Waals surface area contributed by atoms with E-state index in [-0.39, 0.29) is 21.1 Å². The molecule has 0 saturated heterocycles. The molecule has 1 aliphatic heterocycles. The van der Waals surface area contributed by atoms with Gasteiger partial charge in [0.05, 0.1) is 5.52 Å². The molecule has 0 amide bonds. The average molecular weight is 636 g/mol. The van der Waals surface area contributed by atoms with Crippen molar-refractivity contribution in [3.8, 4) is 11.6 Å². The number of benzene rings is 3. The van der Waals surface area contributed by atoms with Crippen molar-refractivity contribution in [1.82, 2.24) is 14.6 Å². The second-order valence-electron chi connectivity index (χ2n) is 8.21. The van der Waals surface area contributed by atoms with Gasteiger partial charge in [0.25, 0.3) is 0 Å². The number of rotatable bonds is 3. The first-order valence-electron chi connectivity index (χ1n) is 11.0. The largest absolute Gasteiger partial charge is 0.504 e. The number of nitrogens with zero attached hydrogens (tertiary/aromatic N) is 5. The van der Waals surface area contributed by atoms with Crippen LogP contribution in [-0.2, 0) is 21.1 Å². The van der Waals surface area contributed by atoms with Crippen LogP contribution in [0, 0.1) is 18.8 Å². The molecule has 1 aliphatic rings. The molecule has 6 nitrogen and oxygen atoms in total. The molecular formula is C28H18N5OPt-3. The molecule has 0 unspecified atom stereocenters. The Morgan fingerprint density at radius 3 is 2.49 bits per heavy atom. The third-order valence-corrected chi connectivity index (χ3v) is 6.18. The number of para-hydroxylation sites is 2. The molecule has 174 valence electrons. The summed E-state index contributed by atoms with van der Waals surface area (Å²) in [7, 11) is 2.03. The maximum atomic E-state index is 6.12. The fourth-order valence-corrected chi connectivity index (χ4v) is 4.65. The van der Waals surface area contributed by atoms with E-state index < -0.39 is 0 Å². The van der Waals surface area contributed by atoms with Crippen LogP contribution < -0.4 is 14.5 Å². The van der Waals surface area contributed by atoms with Crippen LogP contribution in [-0.4, -0.2) is 21.6 Å². The minimum atomic E-state index is 0. The van der Waals surface area contributed by atoms with Crippen molar-refractivity contribution in [3.63, 3.8) is 0 Å². The van der Waals surface area contributed by atoms with Gasteiger partial charge in [-0.3, -0.25) is 9.50 Å². The van der Waals surface area contributed by atoms with Crippen molar-refractivity contribution in [2.45, 2.75) is 0 Å². The Hall–Kier alpha value is -3.89. The van der Waals surface area contributed by atoms with E-state index >= 15 is 0 Å². The summed E-state index contributed by atoms with van der Waals surface area (Å²) >= 11 is 0. The van der Waals surface area contributed by atoms with Crippen LogP contribution in [0.25, 0.3) is 27.2 Å². The topological polar surface area (TPSA) is 45.9 Å². The van der Waals surface area contributed by atoms with Gasteiger partial charge in [0.15, 0.2) is 0 Å². The third-order valence-electron chi connectivity index (χ3n) is 6.18. The zero-order valence-corrected chi connectivity index (χ0v) is 20.9. The summed E-state index contributed by atoms with van der Waals surface area (Å²) in [6.45, 7) is 2.03. The molecule has 0 bridgehead atoms. The van der Waals surface area contributed by atoms with E-state index in [0.29, 0.717) is 11.6 Å². The Labute approximate surface area is 216 Å². The second-order valence-corrected chi connectivity index (χ2v) is 8.21. The summed E-state index contributed by atoms with van der Waals surface area (Å²) in [6, 6.07) is 31.2. The number of ether oxygens (including phenoxy) is 1. The molecule has 0 atom stereocenters. The predicted molar refractivity (Wildman–Crippen MR) is 133 cm³/mol. The molecule has 4 heterocycles. The van der Waals surface area contributed by atoms with Gasteiger partial charge >= 0.3 is 0 Å². The van der Waals surface area contributed by atoms with Crippen molar-refractivity contribution in [2.75, 3.05) is 16.8 Å². The molecule has 0 aliphatic carbocycles. The molecule has 7 rings (SSSR count). The number of anilines is 3. The average Bonchev–Trinajstić information content (AvgIpc) is 3.50.